The van der Waals surface area contributed by atoms with Crippen LogP contribution in [0.3, 0.4) is 0 Å². The van der Waals surface area contributed by atoms with Crippen LogP contribution in [0.4, 0.5) is 0 Å². The van der Waals surface area contributed by atoms with Gasteiger partial charge in [0.2, 0.25) is 0 Å². The van der Waals surface area contributed by atoms with Crippen LogP contribution in [0.25, 0.3) is 10.6 Å². The molecular weight excluding hydrogens is 560 g/mol. The first-order valence-electron chi connectivity index (χ1n) is 13.9. The van der Waals surface area contributed by atoms with Crippen LogP contribution in [0.5, 0.6) is 17.2 Å². The Morgan fingerprint density at radius 2 is 0.810 bits per heavy atom. The second-order valence-corrected chi connectivity index (χ2v) is 9.34. The van der Waals surface area contributed by atoms with Crippen molar-refractivity contribution in [3.63, 3.8) is 0 Å². The second kappa shape index (κ2) is 19.9. The highest BCUT2D eigenvalue weighted by Gasteiger charge is 2.14. The summed E-state index contributed by atoms with van der Waals surface area (Å²) in [4.78, 5) is 0. The molecule has 9 heteroatoms. The summed E-state index contributed by atoms with van der Waals surface area (Å²) in [7, 11) is 4.94. The highest BCUT2D eigenvalue weighted by Crippen LogP contribution is 2.36. The average molecular weight is 601 g/mol. The van der Waals surface area contributed by atoms with Gasteiger partial charge >= 0.3 is 0 Å². The first-order valence-corrected chi connectivity index (χ1v) is 14.3. The molecule has 0 aliphatic rings. The maximum Gasteiger partial charge on any atom is 0.119 e. The molecule has 0 spiro atoms. The van der Waals surface area contributed by atoms with Gasteiger partial charge in [0.1, 0.15) is 23.9 Å². The molecule has 0 aromatic heterocycles. The highest BCUT2D eigenvalue weighted by molar-refractivity contribution is 6.53. The van der Waals surface area contributed by atoms with Crippen LogP contribution in [-0.4, -0.2) is 87.4 Å². The normalized spacial score (nSPS) is 11.7. The van der Waals surface area contributed by atoms with Gasteiger partial charge < -0.3 is 37.9 Å². The lowest BCUT2D eigenvalue weighted by Crippen LogP contribution is -2.14. The zero-order chi connectivity index (χ0) is 29.8. The maximum atomic E-state index is 6.99. The van der Waals surface area contributed by atoms with Crippen molar-refractivity contribution in [2.24, 2.45) is 0 Å². The van der Waals surface area contributed by atoms with Gasteiger partial charge in [0, 0.05) is 12.7 Å². The first kappa shape index (κ1) is 33.4. The van der Waals surface area contributed by atoms with Crippen molar-refractivity contribution in [3.05, 3.63) is 89.5 Å². The van der Waals surface area contributed by atoms with Crippen LogP contribution in [0.2, 0.25) is 0 Å². The van der Waals surface area contributed by atoms with Crippen molar-refractivity contribution in [1.82, 2.24) is 0 Å². The molecule has 0 heterocycles. The molecule has 3 aromatic carbocycles. The van der Waals surface area contributed by atoms with E-state index in [1.54, 1.807) is 21.3 Å². The lowest BCUT2D eigenvalue weighted by molar-refractivity contribution is -0.00978. The van der Waals surface area contributed by atoms with Gasteiger partial charge in [-0.2, -0.15) is 0 Å². The topological polar surface area (TPSA) is 73.8 Å². The molecule has 3 rings (SSSR count). The Hall–Kier alpha value is -3.11. The van der Waals surface area contributed by atoms with Gasteiger partial charge in [-0.1, -0.05) is 35.9 Å². The van der Waals surface area contributed by atoms with Gasteiger partial charge in [0.15, 0.2) is 0 Å². The van der Waals surface area contributed by atoms with Crippen LogP contribution < -0.4 is 14.2 Å². The second-order valence-electron chi connectivity index (χ2n) is 8.96. The molecule has 0 saturated carbocycles. The molecule has 0 unspecified atom stereocenters. The van der Waals surface area contributed by atoms with Gasteiger partial charge in [0.05, 0.1) is 78.7 Å². The Labute approximate surface area is 254 Å². The zero-order valence-electron chi connectivity index (χ0n) is 24.6. The Balaban J connectivity index is 1.45. The van der Waals surface area contributed by atoms with Gasteiger partial charge in [-0.3, -0.25) is 0 Å². The van der Waals surface area contributed by atoms with Crippen LogP contribution in [0.1, 0.15) is 16.7 Å². The summed E-state index contributed by atoms with van der Waals surface area (Å²) in [6.45, 7) is 5.16. The Morgan fingerprint density at radius 3 is 1.21 bits per heavy atom. The predicted octanol–water partition coefficient (Wildman–Crippen LogP) is 5.95. The summed E-state index contributed by atoms with van der Waals surface area (Å²) < 4.78 is 43.3. The van der Waals surface area contributed by atoms with Crippen molar-refractivity contribution in [1.29, 1.82) is 0 Å². The summed E-state index contributed by atoms with van der Waals surface area (Å²) in [6, 6.07) is 23.4. The van der Waals surface area contributed by atoms with E-state index < -0.39 is 0 Å². The molecule has 0 radical (unpaired) electrons. The van der Waals surface area contributed by atoms with E-state index in [1.165, 1.54) is 0 Å². The van der Waals surface area contributed by atoms with Crippen LogP contribution in [-0.2, 0) is 23.7 Å². The lowest BCUT2D eigenvalue weighted by atomic mass is 9.95. The molecule has 0 aliphatic carbocycles. The molecule has 0 fully saturated rings. The fourth-order valence-electron chi connectivity index (χ4n) is 3.90. The van der Waals surface area contributed by atoms with Gasteiger partial charge in [-0.05, 0) is 65.2 Å². The number of hydrogen-bond donors (Lipinski definition) is 0. The van der Waals surface area contributed by atoms with E-state index in [-0.39, 0.29) is 0 Å². The van der Waals surface area contributed by atoms with Crippen molar-refractivity contribution in [2.75, 3.05) is 87.4 Å². The summed E-state index contributed by atoms with van der Waals surface area (Å²) >= 11 is 6.99. The van der Waals surface area contributed by atoms with Crippen LogP contribution in [0, 0.1) is 0 Å². The van der Waals surface area contributed by atoms with E-state index in [9.17, 15) is 0 Å². The number of hydrogen-bond acceptors (Lipinski definition) is 8. The third-order valence-electron chi connectivity index (χ3n) is 6.13. The van der Waals surface area contributed by atoms with E-state index in [2.05, 4.69) is 0 Å². The molecule has 0 bridgehead atoms. The van der Waals surface area contributed by atoms with Crippen LogP contribution >= 0.6 is 11.6 Å². The van der Waals surface area contributed by atoms with E-state index in [0.29, 0.717) is 71.1 Å². The molecule has 0 N–H and O–H groups in total. The van der Waals surface area contributed by atoms with Gasteiger partial charge in [-0.15, -0.1) is 0 Å². The average Bonchev–Trinajstić information content (AvgIpc) is 3.04. The van der Waals surface area contributed by atoms with E-state index >= 15 is 0 Å². The zero-order valence-corrected chi connectivity index (χ0v) is 25.4. The Bertz CT molecular complexity index is 1160. The quantitative estimate of drug-likeness (QED) is 0.110. The summed E-state index contributed by atoms with van der Waals surface area (Å²) in [5.41, 5.74) is 3.73. The molecule has 3 aromatic rings. The fourth-order valence-corrected chi connectivity index (χ4v) is 4.24. The smallest absolute Gasteiger partial charge is 0.119 e. The number of benzene rings is 3. The summed E-state index contributed by atoms with van der Waals surface area (Å²) in [5, 5.41) is 0.630. The minimum Gasteiger partial charge on any atom is -0.497 e. The molecular formula is C33H41ClO8. The van der Waals surface area contributed by atoms with Crippen molar-refractivity contribution in [3.8, 4) is 17.2 Å². The Kier molecular flexibility index (Phi) is 15.8. The molecule has 0 amide bonds. The molecule has 228 valence electrons. The van der Waals surface area contributed by atoms with E-state index in [0.717, 1.165) is 39.5 Å². The number of methoxy groups -OCH3 is 3. The fraction of sp³-hybridized carbons (Fsp3) is 0.394. The molecule has 0 atom stereocenters. The number of halogens is 1. The van der Waals surface area contributed by atoms with E-state index in [4.69, 9.17) is 49.5 Å². The number of rotatable bonds is 21. The molecule has 42 heavy (non-hydrogen) atoms. The first-order chi connectivity index (χ1) is 20.7. The van der Waals surface area contributed by atoms with E-state index in [1.807, 2.05) is 72.8 Å². The summed E-state index contributed by atoms with van der Waals surface area (Å²) in [6.07, 6.45) is 0. The number of ether oxygens (including phenoxy) is 8. The van der Waals surface area contributed by atoms with Crippen LogP contribution in [0.15, 0.2) is 72.8 Å². The largest absolute Gasteiger partial charge is 0.497 e. The van der Waals surface area contributed by atoms with Gasteiger partial charge in [0.25, 0.3) is 0 Å². The highest BCUT2D eigenvalue weighted by atomic mass is 35.5. The third-order valence-corrected chi connectivity index (χ3v) is 6.54. The lowest BCUT2D eigenvalue weighted by Gasteiger charge is -2.14. The minimum atomic E-state index is 0.430. The van der Waals surface area contributed by atoms with Gasteiger partial charge in [-0.25, -0.2) is 0 Å². The van der Waals surface area contributed by atoms with Crippen molar-refractivity contribution >= 4 is 22.2 Å². The SMILES string of the molecule is COCCOCCOCCOCCOCCOc1ccc(/C(=C(/Cl)c2ccc(OC)cc2)c2ccc(OC)cc2)cc1. The maximum absolute atomic E-state index is 6.99. The molecule has 0 aliphatic heterocycles. The minimum absolute atomic E-state index is 0.430. The monoisotopic (exact) mass is 600 g/mol. The van der Waals surface area contributed by atoms with Crippen molar-refractivity contribution in [2.45, 2.75) is 0 Å². The third kappa shape index (κ3) is 11.6. The predicted molar refractivity (Wildman–Crippen MR) is 165 cm³/mol. The van der Waals surface area contributed by atoms with Crippen molar-refractivity contribution < 1.29 is 37.9 Å². The summed E-state index contributed by atoms with van der Waals surface area (Å²) in [5.74, 6) is 2.30. The Morgan fingerprint density at radius 1 is 0.452 bits per heavy atom. The standard InChI is InChI=1S/C33H41ClO8/c1-35-16-17-38-18-19-39-20-21-40-22-23-41-24-25-42-31-14-6-27(7-15-31)32(26-4-10-29(36-2)11-5-26)33(34)28-8-12-30(37-3)13-9-28/h4-15H,16-25H2,1-3H3/b33-32+. The molecule has 8 nitrogen and oxygen atoms in total. The molecule has 0 saturated heterocycles.